The van der Waals surface area contributed by atoms with Crippen molar-refractivity contribution in [2.75, 3.05) is 6.61 Å². The minimum atomic E-state index is -0.944. The number of hydrogen-bond donors (Lipinski definition) is 0. The Labute approximate surface area is 86.8 Å². The Balaban J connectivity index is 1.98. The molecule has 1 unspecified atom stereocenters. The maximum Gasteiger partial charge on any atom is 0.494 e. The third kappa shape index (κ3) is 1.82. The predicted octanol–water partition coefficient (Wildman–Crippen LogP) is -0.844. The molecule has 0 radical (unpaired) electrons. The number of nitrogens with zero attached hydrogens (tertiary/aromatic N) is 5. The van der Waals surface area contributed by atoms with Gasteiger partial charge in [-0.3, -0.25) is 0 Å². The van der Waals surface area contributed by atoms with Crippen LogP contribution in [0.3, 0.4) is 0 Å². The fourth-order valence-corrected chi connectivity index (χ4v) is 1.21. The number of hydrogen-bond acceptors (Lipinski definition) is 8. The zero-order valence-electron chi connectivity index (χ0n) is 7.68. The van der Waals surface area contributed by atoms with Gasteiger partial charge >= 0.3 is 12.0 Å². The van der Waals surface area contributed by atoms with Crippen molar-refractivity contribution >= 4 is 5.95 Å². The lowest BCUT2D eigenvalue weighted by atomic mass is 10.4. The molecule has 0 spiro atoms. The third-order valence-electron chi connectivity index (χ3n) is 1.80. The summed E-state index contributed by atoms with van der Waals surface area (Å²) in [7, 11) is 0. The lowest BCUT2D eigenvalue weighted by Gasteiger charge is -2.04. The molecule has 0 saturated heterocycles. The maximum absolute atomic E-state index is 10.3. The molecule has 86 valence electrons. The largest absolute Gasteiger partial charge is 0.494 e. The molecule has 1 aliphatic heterocycles. The van der Waals surface area contributed by atoms with Crippen LogP contribution < -0.4 is 4.74 Å². The van der Waals surface area contributed by atoms with Gasteiger partial charge in [-0.15, -0.1) is 14.8 Å². The van der Waals surface area contributed by atoms with Crippen LogP contribution in [0.2, 0.25) is 0 Å². The van der Waals surface area contributed by atoms with Crippen molar-refractivity contribution in [1.29, 1.82) is 0 Å². The molecule has 11 nitrogen and oxygen atoms in total. The van der Waals surface area contributed by atoms with E-state index in [0.29, 0.717) is 0 Å². The first-order valence-corrected chi connectivity index (χ1v) is 4.09. The van der Waals surface area contributed by atoms with Gasteiger partial charge in [-0.1, -0.05) is 0 Å². The van der Waals surface area contributed by atoms with Crippen molar-refractivity contribution in [1.82, 2.24) is 14.8 Å². The summed E-state index contributed by atoms with van der Waals surface area (Å²) < 4.78 is 6.20. The summed E-state index contributed by atoms with van der Waals surface area (Å²) in [4.78, 5) is 27.0. The highest BCUT2D eigenvalue weighted by Crippen LogP contribution is 2.21. The van der Waals surface area contributed by atoms with Gasteiger partial charge in [0.1, 0.15) is 19.3 Å². The van der Waals surface area contributed by atoms with Crippen LogP contribution in [0, 0.1) is 20.2 Å². The fourth-order valence-electron chi connectivity index (χ4n) is 1.21. The smallest absolute Gasteiger partial charge is 0.443 e. The summed E-state index contributed by atoms with van der Waals surface area (Å²) in [6.45, 7) is -0.143. The lowest BCUT2D eigenvalue weighted by molar-refractivity contribution is -0.759. The molecule has 1 aromatic rings. The van der Waals surface area contributed by atoms with E-state index in [1.165, 1.54) is 0 Å². The molecule has 2 rings (SSSR count). The van der Waals surface area contributed by atoms with Crippen LogP contribution >= 0.6 is 0 Å². The van der Waals surface area contributed by atoms with E-state index in [-0.39, 0.29) is 19.2 Å². The van der Waals surface area contributed by atoms with Crippen LogP contribution in [0.4, 0.5) is 5.95 Å². The highest BCUT2D eigenvalue weighted by molar-refractivity contribution is 5.11. The summed E-state index contributed by atoms with van der Waals surface area (Å²) in [5.74, 6) is -0.566. The summed E-state index contributed by atoms with van der Waals surface area (Å²) in [5, 5.41) is 22.8. The number of fused-ring (bicyclic) bond motifs is 1. The van der Waals surface area contributed by atoms with Crippen molar-refractivity contribution < 1.29 is 19.6 Å². The molecule has 0 saturated carbocycles. The van der Waals surface area contributed by atoms with E-state index in [0.717, 1.165) is 4.68 Å². The average molecular weight is 231 g/mol. The van der Waals surface area contributed by atoms with Gasteiger partial charge < -0.3 is 19.7 Å². The first kappa shape index (κ1) is 10.1. The molecule has 0 bridgehead atoms. The summed E-state index contributed by atoms with van der Waals surface area (Å²) >= 11 is 0. The third-order valence-corrected chi connectivity index (χ3v) is 1.80. The van der Waals surface area contributed by atoms with E-state index >= 15 is 0 Å². The topological polar surface area (TPSA) is 135 Å². The van der Waals surface area contributed by atoms with Gasteiger partial charge in [-0.05, 0) is 9.91 Å². The second kappa shape index (κ2) is 3.60. The molecule has 16 heavy (non-hydrogen) atoms. The first-order valence-electron chi connectivity index (χ1n) is 4.09. The number of nitro groups is 1. The van der Waals surface area contributed by atoms with Gasteiger partial charge in [0.25, 0.3) is 5.09 Å². The molecule has 0 fully saturated rings. The van der Waals surface area contributed by atoms with Gasteiger partial charge in [-0.2, -0.15) is 0 Å². The summed E-state index contributed by atoms with van der Waals surface area (Å²) in [6, 6.07) is -0.0383. The second-order valence-electron chi connectivity index (χ2n) is 2.89. The van der Waals surface area contributed by atoms with Crippen LogP contribution in [0.1, 0.15) is 0 Å². The molecule has 11 heteroatoms. The average Bonchev–Trinajstić information content (AvgIpc) is 2.70. The van der Waals surface area contributed by atoms with Gasteiger partial charge in [-0.25, -0.2) is 0 Å². The van der Waals surface area contributed by atoms with Crippen molar-refractivity contribution in [3.63, 3.8) is 0 Å². The Morgan fingerprint density at radius 3 is 2.88 bits per heavy atom. The van der Waals surface area contributed by atoms with Crippen LogP contribution in [-0.2, 0) is 11.4 Å². The van der Waals surface area contributed by atoms with Crippen molar-refractivity contribution in [2.24, 2.45) is 0 Å². The van der Waals surface area contributed by atoms with Crippen LogP contribution in [0.5, 0.6) is 6.01 Å². The molecule has 0 aliphatic carbocycles. The Morgan fingerprint density at radius 2 is 2.31 bits per heavy atom. The molecular formula is C5H5N5O6. The monoisotopic (exact) mass is 231 g/mol. The molecular weight excluding hydrogens is 226 g/mol. The van der Waals surface area contributed by atoms with Crippen LogP contribution in [0.25, 0.3) is 0 Å². The maximum atomic E-state index is 10.3. The quantitative estimate of drug-likeness (QED) is 0.483. The van der Waals surface area contributed by atoms with E-state index in [1.54, 1.807) is 0 Å². The van der Waals surface area contributed by atoms with E-state index in [2.05, 4.69) is 14.9 Å². The van der Waals surface area contributed by atoms with Crippen LogP contribution in [-0.4, -0.2) is 37.5 Å². The molecule has 0 aromatic carbocycles. The number of aromatic nitrogens is 3. The van der Waals surface area contributed by atoms with Gasteiger partial charge in [0.2, 0.25) is 0 Å². The zero-order chi connectivity index (χ0) is 11.7. The van der Waals surface area contributed by atoms with Gasteiger partial charge in [0.05, 0.1) is 0 Å². The molecule has 1 aromatic heterocycles. The second-order valence-corrected chi connectivity index (χ2v) is 2.89. The molecule has 2 heterocycles. The normalized spacial score (nSPS) is 17.6. The standard InChI is InChI=1S/C5H5N5O6/c11-9(12)4-6-5-8(7-4)1-3(16-5)2-15-10(13)14/h3H,1-2H2. The minimum absolute atomic E-state index is 0.0383. The summed E-state index contributed by atoms with van der Waals surface area (Å²) in [5.41, 5.74) is 0. The van der Waals surface area contributed by atoms with Gasteiger partial charge in [0, 0.05) is 5.10 Å². The predicted molar refractivity (Wildman–Crippen MR) is 44.0 cm³/mol. The molecule has 0 amide bonds. The van der Waals surface area contributed by atoms with E-state index in [4.69, 9.17) is 4.74 Å². The highest BCUT2D eigenvalue weighted by atomic mass is 17.0. The Morgan fingerprint density at radius 1 is 1.56 bits per heavy atom. The fraction of sp³-hybridized carbons (Fsp3) is 0.600. The van der Waals surface area contributed by atoms with Crippen molar-refractivity contribution in [3.8, 4) is 6.01 Å². The minimum Gasteiger partial charge on any atom is -0.443 e. The van der Waals surface area contributed by atoms with Crippen molar-refractivity contribution in [2.45, 2.75) is 12.6 Å². The Kier molecular flexibility index (Phi) is 2.27. The molecule has 1 atom stereocenters. The number of ether oxygens (including phenoxy) is 1. The number of rotatable bonds is 4. The zero-order valence-corrected chi connectivity index (χ0v) is 7.68. The van der Waals surface area contributed by atoms with E-state index in [9.17, 15) is 20.2 Å². The first-order chi connectivity index (χ1) is 7.56. The lowest BCUT2D eigenvalue weighted by Crippen LogP contribution is -2.23. The molecule has 1 aliphatic rings. The van der Waals surface area contributed by atoms with Gasteiger partial charge in [0.15, 0.2) is 0 Å². The van der Waals surface area contributed by atoms with Crippen LogP contribution in [0.15, 0.2) is 0 Å². The van der Waals surface area contributed by atoms with E-state index < -0.39 is 22.1 Å². The summed E-state index contributed by atoms with van der Waals surface area (Å²) in [6.07, 6.45) is -0.610. The van der Waals surface area contributed by atoms with Crippen molar-refractivity contribution in [3.05, 3.63) is 20.2 Å². The Bertz CT molecular complexity index is 419. The Hall–Kier alpha value is -2.46. The highest BCUT2D eigenvalue weighted by Gasteiger charge is 2.33. The molecule has 0 N–H and O–H groups in total. The van der Waals surface area contributed by atoms with E-state index in [1.807, 2.05) is 0 Å². The SMILES string of the molecule is O=[N+]([O-])OCC1Cn2nc([N+](=O)[O-])nc2O1.